The first-order valence-corrected chi connectivity index (χ1v) is 8.39. The van der Waals surface area contributed by atoms with Crippen LogP contribution in [0.1, 0.15) is 16.2 Å². The SMILES string of the molecule is Cn1ccnc1C(=O)NC(=S)Nc1cccc(OCc2ccccc2)c1. The number of nitrogens with one attached hydrogen (secondary N) is 2. The van der Waals surface area contributed by atoms with Gasteiger partial charge in [-0.25, -0.2) is 4.98 Å². The van der Waals surface area contributed by atoms with E-state index in [0.29, 0.717) is 12.4 Å². The molecule has 3 rings (SSSR count). The molecule has 0 saturated carbocycles. The van der Waals surface area contributed by atoms with Crippen molar-refractivity contribution >= 4 is 28.9 Å². The van der Waals surface area contributed by atoms with E-state index >= 15 is 0 Å². The van der Waals surface area contributed by atoms with Crippen molar-refractivity contribution in [1.82, 2.24) is 14.9 Å². The zero-order valence-corrected chi connectivity index (χ0v) is 15.0. The minimum Gasteiger partial charge on any atom is -0.489 e. The Kier molecular flexibility index (Phi) is 5.60. The summed E-state index contributed by atoms with van der Waals surface area (Å²) < 4.78 is 7.41. The number of carbonyl (C=O) groups excluding carboxylic acids is 1. The lowest BCUT2D eigenvalue weighted by Gasteiger charge is -2.11. The van der Waals surface area contributed by atoms with Crippen LogP contribution in [0.15, 0.2) is 67.0 Å². The van der Waals surface area contributed by atoms with E-state index in [1.165, 1.54) is 0 Å². The third-order valence-corrected chi connectivity index (χ3v) is 3.80. The highest BCUT2D eigenvalue weighted by molar-refractivity contribution is 7.80. The number of aryl methyl sites for hydroxylation is 1. The number of hydrogen-bond donors (Lipinski definition) is 2. The van der Waals surface area contributed by atoms with E-state index in [4.69, 9.17) is 17.0 Å². The molecule has 3 aromatic rings. The average molecular weight is 366 g/mol. The van der Waals surface area contributed by atoms with Crippen LogP contribution in [0, 0.1) is 0 Å². The Balaban J connectivity index is 1.57. The van der Waals surface area contributed by atoms with Crippen LogP contribution >= 0.6 is 12.2 Å². The number of nitrogens with zero attached hydrogens (tertiary/aromatic N) is 2. The van der Waals surface area contributed by atoms with Crippen LogP contribution in [0.3, 0.4) is 0 Å². The smallest absolute Gasteiger partial charge is 0.293 e. The second kappa shape index (κ2) is 8.26. The summed E-state index contributed by atoms with van der Waals surface area (Å²) in [5, 5.41) is 5.77. The minimum absolute atomic E-state index is 0.193. The number of ether oxygens (including phenoxy) is 1. The first-order chi connectivity index (χ1) is 12.6. The molecular weight excluding hydrogens is 348 g/mol. The van der Waals surface area contributed by atoms with Crippen LogP contribution in [0.4, 0.5) is 5.69 Å². The number of amides is 1. The molecule has 0 spiro atoms. The molecule has 0 aliphatic rings. The first-order valence-electron chi connectivity index (χ1n) is 7.98. The molecule has 6 nitrogen and oxygen atoms in total. The van der Waals surface area contributed by atoms with Gasteiger partial charge in [-0.1, -0.05) is 36.4 Å². The lowest BCUT2D eigenvalue weighted by atomic mass is 10.2. The molecule has 132 valence electrons. The van der Waals surface area contributed by atoms with Gasteiger partial charge in [0.15, 0.2) is 10.9 Å². The van der Waals surface area contributed by atoms with Crippen molar-refractivity contribution in [1.29, 1.82) is 0 Å². The van der Waals surface area contributed by atoms with E-state index < -0.39 is 0 Å². The van der Waals surface area contributed by atoms with Gasteiger partial charge in [-0.3, -0.25) is 10.1 Å². The van der Waals surface area contributed by atoms with Crippen molar-refractivity contribution in [2.45, 2.75) is 6.61 Å². The van der Waals surface area contributed by atoms with Crippen LogP contribution in [-0.2, 0) is 13.7 Å². The van der Waals surface area contributed by atoms with Crippen LogP contribution in [0.25, 0.3) is 0 Å². The topological polar surface area (TPSA) is 68.2 Å². The molecular formula is C19H18N4O2S. The van der Waals surface area contributed by atoms with E-state index in [2.05, 4.69) is 15.6 Å². The lowest BCUT2D eigenvalue weighted by molar-refractivity contribution is 0.0964. The van der Waals surface area contributed by atoms with E-state index in [0.717, 1.165) is 11.3 Å². The van der Waals surface area contributed by atoms with Gasteiger partial charge in [-0.05, 0) is 29.9 Å². The molecule has 1 heterocycles. The standard InChI is InChI=1S/C19H18N4O2S/c1-23-11-10-20-17(23)18(24)22-19(26)21-15-8-5-9-16(12-15)25-13-14-6-3-2-4-7-14/h2-12H,13H2,1H3,(H2,21,22,24,26). The highest BCUT2D eigenvalue weighted by Gasteiger charge is 2.12. The molecule has 0 atom stereocenters. The molecule has 0 aliphatic carbocycles. The Labute approximate surface area is 156 Å². The molecule has 0 saturated heterocycles. The fourth-order valence-corrected chi connectivity index (χ4v) is 2.52. The number of anilines is 1. The summed E-state index contributed by atoms with van der Waals surface area (Å²) in [6, 6.07) is 17.3. The quantitative estimate of drug-likeness (QED) is 0.679. The maximum Gasteiger partial charge on any atom is 0.293 e. The Morgan fingerprint density at radius 2 is 2.00 bits per heavy atom. The second-order valence-corrected chi connectivity index (χ2v) is 5.98. The predicted molar refractivity (Wildman–Crippen MR) is 104 cm³/mol. The van der Waals surface area contributed by atoms with Crippen molar-refractivity contribution in [3.63, 3.8) is 0 Å². The lowest BCUT2D eigenvalue weighted by Crippen LogP contribution is -2.35. The maximum absolute atomic E-state index is 12.1. The van der Waals surface area contributed by atoms with E-state index in [-0.39, 0.29) is 16.8 Å². The number of hydrogen-bond acceptors (Lipinski definition) is 4. The zero-order chi connectivity index (χ0) is 18.4. The van der Waals surface area contributed by atoms with Crippen molar-refractivity contribution in [2.75, 3.05) is 5.32 Å². The van der Waals surface area contributed by atoms with E-state index in [1.54, 1.807) is 24.0 Å². The average Bonchev–Trinajstić information content (AvgIpc) is 3.07. The second-order valence-electron chi connectivity index (χ2n) is 5.57. The summed E-state index contributed by atoms with van der Waals surface area (Å²) >= 11 is 5.19. The zero-order valence-electron chi connectivity index (χ0n) is 14.2. The number of imidazole rings is 1. The fourth-order valence-electron chi connectivity index (χ4n) is 2.31. The Morgan fingerprint density at radius 3 is 2.73 bits per heavy atom. The van der Waals surface area contributed by atoms with E-state index in [9.17, 15) is 4.79 Å². The summed E-state index contributed by atoms with van der Waals surface area (Å²) in [6.07, 6.45) is 3.25. The van der Waals surface area contributed by atoms with Gasteiger partial charge >= 0.3 is 0 Å². The monoisotopic (exact) mass is 366 g/mol. The summed E-state index contributed by atoms with van der Waals surface area (Å²) in [5.74, 6) is 0.623. The Morgan fingerprint density at radius 1 is 1.19 bits per heavy atom. The van der Waals surface area contributed by atoms with Crippen molar-refractivity contribution in [3.05, 3.63) is 78.4 Å². The largest absolute Gasteiger partial charge is 0.489 e. The molecule has 26 heavy (non-hydrogen) atoms. The number of thiocarbonyl (C=S) groups is 1. The van der Waals surface area contributed by atoms with Gasteiger partial charge in [-0.2, -0.15) is 0 Å². The van der Waals surface area contributed by atoms with Crippen LogP contribution in [0.5, 0.6) is 5.75 Å². The van der Waals surface area contributed by atoms with Gasteiger partial charge in [-0.15, -0.1) is 0 Å². The van der Waals surface area contributed by atoms with Crippen molar-refractivity contribution < 1.29 is 9.53 Å². The third-order valence-electron chi connectivity index (χ3n) is 3.59. The van der Waals surface area contributed by atoms with Gasteiger partial charge in [0.05, 0.1) is 0 Å². The van der Waals surface area contributed by atoms with Crippen LogP contribution in [0.2, 0.25) is 0 Å². The van der Waals surface area contributed by atoms with Gasteiger partial charge in [0.1, 0.15) is 12.4 Å². The van der Waals surface area contributed by atoms with Crippen LogP contribution in [-0.4, -0.2) is 20.6 Å². The minimum atomic E-state index is -0.369. The van der Waals surface area contributed by atoms with Gasteiger partial charge in [0.25, 0.3) is 5.91 Å². The summed E-state index contributed by atoms with van der Waals surface area (Å²) in [7, 11) is 1.74. The first kappa shape index (κ1) is 17.6. The normalized spacial score (nSPS) is 10.2. The maximum atomic E-state index is 12.1. The molecule has 0 aliphatic heterocycles. The molecule has 2 N–H and O–H groups in total. The number of rotatable bonds is 5. The molecule has 1 amide bonds. The third kappa shape index (κ3) is 4.67. The number of aromatic nitrogens is 2. The molecule has 0 unspecified atom stereocenters. The summed E-state index contributed by atoms with van der Waals surface area (Å²) in [6.45, 7) is 0.477. The van der Waals surface area contributed by atoms with E-state index in [1.807, 2.05) is 54.6 Å². The molecule has 0 radical (unpaired) electrons. The predicted octanol–water partition coefficient (Wildman–Crippen LogP) is 3.13. The number of benzene rings is 2. The summed E-state index contributed by atoms with van der Waals surface area (Å²) in [4.78, 5) is 16.1. The Hall–Kier alpha value is -3.19. The molecule has 0 fully saturated rings. The van der Waals surface area contributed by atoms with Crippen molar-refractivity contribution in [2.24, 2.45) is 7.05 Å². The number of carbonyl (C=O) groups is 1. The van der Waals surface area contributed by atoms with Crippen LogP contribution < -0.4 is 15.4 Å². The van der Waals surface area contributed by atoms with Gasteiger partial charge in [0, 0.05) is 31.2 Å². The highest BCUT2D eigenvalue weighted by Crippen LogP contribution is 2.18. The molecule has 7 heteroatoms. The van der Waals surface area contributed by atoms with Gasteiger partial charge in [0.2, 0.25) is 0 Å². The highest BCUT2D eigenvalue weighted by atomic mass is 32.1. The molecule has 1 aromatic heterocycles. The van der Waals surface area contributed by atoms with Crippen molar-refractivity contribution in [3.8, 4) is 5.75 Å². The fraction of sp³-hybridized carbons (Fsp3) is 0.105. The van der Waals surface area contributed by atoms with Gasteiger partial charge < -0.3 is 14.6 Å². The Bertz CT molecular complexity index is 909. The molecule has 0 bridgehead atoms. The summed E-state index contributed by atoms with van der Waals surface area (Å²) in [5.41, 5.74) is 1.81. The molecule has 2 aromatic carbocycles.